The van der Waals surface area contributed by atoms with Crippen molar-refractivity contribution in [2.45, 2.75) is 13.3 Å². The van der Waals surface area contributed by atoms with Gasteiger partial charge in [-0.05, 0) is 30.7 Å². The van der Waals surface area contributed by atoms with Crippen molar-refractivity contribution >= 4 is 28.1 Å². The Bertz CT molecular complexity index is 760. The van der Waals surface area contributed by atoms with Crippen LogP contribution in [0, 0.1) is 0 Å². The molecule has 0 saturated carbocycles. The van der Waals surface area contributed by atoms with Crippen molar-refractivity contribution in [2.75, 3.05) is 11.1 Å². The molecule has 20 heavy (non-hydrogen) atoms. The summed E-state index contributed by atoms with van der Waals surface area (Å²) >= 11 is 0. The summed E-state index contributed by atoms with van der Waals surface area (Å²) in [4.78, 5) is 4.31. The molecule has 0 aliphatic rings. The molecule has 0 aliphatic heterocycles. The van der Waals surface area contributed by atoms with Gasteiger partial charge in [0.1, 0.15) is 0 Å². The van der Waals surface area contributed by atoms with E-state index in [1.807, 2.05) is 38.2 Å². The van der Waals surface area contributed by atoms with E-state index in [1.165, 1.54) is 0 Å². The maximum Gasteiger partial charge on any atom is 0.152 e. The molecule has 0 aliphatic carbocycles. The Hall–Kier alpha value is -2.56. The van der Waals surface area contributed by atoms with Crippen molar-refractivity contribution in [3.05, 3.63) is 42.2 Å². The fraction of sp³-hybridized carbons (Fsp3) is 0.200. The van der Waals surface area contributed by atoms with Gasteiger partial charge in [-0.1, -0.05) is 13.0 Å². The first-order valence-electron chi connectivity index (χ1n) is 6.62. The largest absolute Gasteiger partial charge is 0.394 e. The van der Waals surface area contributed by atoms with Gasteiger partial charge in [0.2, 0.25) is 0 Å². The van der Waals surface area contributed by atoms with E-state index in [-0.39, 0.29) is 0 Å². The molecule has 2 aromatic heterocycles. The van der Waals surface area contributed by atoms with Gasteiger partial charge >= 0.3 is 0 Å². The van der Waals surface area contributed by atoms with Crippen molar-refractivity contribution in [2.24, 2.45) is 7.05 Å². The van der Waals surface area contributed by atoms with Crippen LogP contribution in [0.25, 0.3) is 10.9 Å². The van der Waals surface area contributed by atoms with E-state index in [0.29, 0.717) is 5.69 Å². The molecule has 0 spiro atoms. The number of nitrogens with one attached hydrogen (secondary N) is 1. The second-order valence-electron chi connectivity index (χ2n) is 4.72. The molecule has 0 amide bonds. The monoisotopic (exact) mass is 267 g/mol. The molecule has 2 heterocycles. The minimum Gasteiger partial charge on any atom is -0.394 e. The molecule has 0 bridgehead atoms. The molecule has 3 N–H and O–H groups in total. The summed E-state index contributed by atoms with van der Waals surface area (Å²) in [5, 5.41) is 8.83. The van der Waals surface area contributed by atoms with Crippen LogP contribution in [-0.2, 0) is 13.5 Å². The summed E-state index contributed by atoms with van der Waals surface area (Å²) in [7, 11) is 1.89. The third kappa shape index (κ3) is 2.07. The Morgan fingerprint density at radius 1 is 1.30 bits per heavy atom. The summed E-state index contributed by atoms with van der Waals surface area (Å²) in [6, 6.07) is 10.0. The van der Waals surface area contributed by atoms with Crippen LogP contribution in [0.4, 0.5) is 17.2 Å². The number of aryl methyl sites for hydroxylation is 2. The smallest absolute Gasteiger partial charge is 0.152 e. The minimum atomic E-state index is 0.710. The summed E-state index contributed by atoms with van der Waals surface area (Å²) in [6.45, 7) is 2.05. The third-order valence-corrected chi connectivity index (χ3v) is 3.36. The highest BCUT2D eigenvalue weighted by molar-refractivity contribution is 5.84. The van der Waals surface area contributed by atoms with E-state index >= 15 is 0 Å². The zero-order chi connectivity index (χ0) is 14.1. The SMILES string of the molecule is CCc1nn(C)c(Nc2ccc3ncccc3c2)c1N. The highest BCUT2D eigenvalue weighted by Gasteiger charge is 2.12. The Kier molecular flexibility index (Phi) is 3.02. The van der Waals surface area contributed by atoms with Crippen LogP contribution in [0.2, 0.25) is 0 Å². The summed E-state index contributed by atoms with van der Waals surface area (Å²) < 4.78 is 1.78. The third-order valence-electron chi connectivity index (χ3n) is 3.36. The molecule has 0 fully saturated rings. The van der Waals surface area contributed by atoms with Crippen LogP contribution >= 0.6 is 0 Å². The molecule has 0 atom stereocenters. The first-order valence-corrected chi connectivity index (χ1v) is 6.62. The van der Waals surface area contributed by atoms with Crippen molar-refractivity contribution in [1.82, 2.24) is 14.8 Å². The normalized spacial score (nSPS) is 10.9. The lowest BCUT2D eigenvalue weighted by Gasteiger charge is -2.08. The Morgan fingerprint density at radius 3 is 2.90 bits per heavy atom. The number of pyridine rings is 1. The molecule has 102 valence electrons. The fourth-order valence-corrected chi connectivity index (χ4v) is 2.30. The van der Waals surface area contributed by atoms with E-state index in [2.05, 4.69) is 21.5 Å². The van der Waals surface area contributed by atoms with Crippen molar-refractivity contribution < 1.29 is 0 Å². The van der Waals surface area contributed by atoms with Crippen molar-refractivity contribution in [1.29, 1.82) is 0 Å². The molecule has 1 aromatic carbocycles. The summed E-state index contributed by atoms with van der Waals surface area (Å²) in [5.41, 5.74) is 9.69. The van der Waals surface area contributed by atoms with Gasteiger partial charge in [0, 0.05) is 24.3 Å². The number of hydrogen-bond acceptors (Lipinski definition) is 4. The van der Waals surface area contributed by atoms with Crippen LogP contribution in [-0.4, -0.2) is 14.8 Å². The second kappa shape index (κ2) is 4.85. The van der Waals surface area contributed by atoms with E-state index in [9.17, 15) is 0 Å². The zero-order valence-corrected chi connectivity index (χ0v) is 11.6. The summed E-state index contributed by atoms with van der Waals surface area (Å²) in [5.74, 6) is 0.824. The van der Waals surface area contributed by atoms with Gasteiger partial charge in [0.25, 0.3) is 0 Å². The minimum absolute atomic E-state index is 0.710. The van der Waals surface area contributed by atoms with Gasteiger partial charge < -0.3 is 11.1 Å². The molecule has 0 saturated heterocycles. The standard InChI is InChI=1S/C15H17N5/c1-3-12-14(16)15(20(2)19-12)18-11-6-7-13-10(9-11)5-4-8-17-13/h4-9,18H,3,16H2,1-2H3. The molecule has 3 aromatic rings. The van der Waals surface area contributed by atoms with Gasteiger partial charge in [-0.25, -0.2) is 0 Å². The number of rotatable bonds is 3. The molecule has 0 radical (unpaired) electrons. The molecule has 5 nitrogen and oxygen atoms in total. The molecule has 5 heteroatoms. The second-order valence-corrected chi connectivity index (χ2v) is 4.72. The van der Waals surface area contributed by atoms with E-state index in [1.54, 1.807) is 10.9 Å². The lowest BCUT2D eigenvalue weighted by Crippen LogP contribution is -2.01. The lowest BCUT2D eigenvalue weighted by molar-refractivity contribution is 0.753. The maximum absolute atomic E-state index is 6.12. The highest BCUT2D eigenvalue weighted by atomic mass is 15.3. The Labute approximate surface area is 117 Å². The van der Waals surface area contributed by atoms with E-state index < -0.39 is 0 Å². The predicted molar refractivity (Wildman–Crippen MR) is 82.0 cm³/mol. The number of nitrogen functional groups attached to an aromatic ring is 1. The number of anilines is 3. The fourth-order valence-electron chi connectivity index (χ4n) is 2.30. The average molecular weight is 267 g/mol. The molecular formula is C15H17N5. The van der Waals surface area contributed by atoms with Crippen LogP contribution in [0.15, 0.2) is 36.5 Å². The van der Waals surface area contributed by atoms with Gasteiger partial charge in [0.15, 0.2) is 5.82 Å². The summed E-state index contributed by atoms with van der Waals surface area (Å²) in [6.07, 6.45) is 2.62. The molecular weight excluding hydrogens is 250 g/mol. The first-order chi connectivity index (χ1) is 9.69. The first kappa shape index (κ1) is 12.5. The zero-order valence-electron chi connectivity index (χ0n) is 11.6. The number of aromatic nitrogens is 3. The van der Waals surface area contributed by atoms with Gasteiger partial charge in [-0.15, -0.1) is 0 Å². The quantitative estimate of drug-likeness (QED) is 0.765. The highest BCUT2D eigenvalue weighted by Crippen LogP contribution is 2.27. The van der Waals surface area contributed by atoms with Crippen LogP contribution < -0.4 is 11.1 Å². The predicted octanol–water partition coefficient (Wildman–Crippen LogP) is 2.86. The molecule has 0 unspecified atom stereocenters. The van der Waals surface area contributed by atoms with Crippen LogP contribution in [0.5, 0.6) is 0 Å². The number of nitrogens with two attached hydrogens (primary N) is 1. The van der Waals surface area contributed by atoms with Crippen LogP contribution in [0.3, 0.4) is 0 Å². The lowest BCUT2D eigenvalue weighted by atomic mass is 10.2. The van der Waals surface area contributed by atoms with E-state index in [0.717, 1.165) is 34.5 Å². The van der Waals surface area contributed by atoms with Gasteiger partial charge in [-0.3, -0.25) is 9.67 Å². The van der Waals surface area contributed by atoms with Gasteiger partial charge in [0.05, 0.1) is 16.9 Å². The van der Waals surface area contributed by atoms with Gasteiger partial charge in [-0.2, -0.15) is 5.10 Å². The number of hydrogen-bond donors (Lipinski definition) is 2. The maximum atomic E-state index is 6.12. The van der Waals surface area contributed by atoms with E-state index in [4.69, 9.17) is 5.73 Å². The average Bonchev–Trinajstić information content (AvgIpc) is 2.74. The number of nitrogens with zero attached hydrogens (tertiary/aromatic N) is 3. The number of fused-ring (bicyclic) bond motifs is 1. The Balaban J connectivity index is 1.99. The van der Waals surface area contributed by atoms with Crippen molar-refractivity contribution in [3.8, 4) is 0 Å². The van der Waals surface area contributed by atoms with Crippen molar-refractivity contribution in [3.63, 3.8) is 0 Å². The Morgan fingerprint density at radius 2 is 2.15 bits per heavy atom. The van der Waals surface area contributed by atoms with Crippen LogP contribution in [0.1, 0.15) is 12.6 Å². The number of benzene rings is 1. The topological polar surface area (TPSA) is 68.8 Å². The molecule has 3 rings (SSSR count).